The summed E-state index contributed by atoms with van der Waals surface area (Å²) in [5, 5.41) is 6.76. The molecule has 0 N–H and O–H groups in total. The molecule has 4 aromatic heterocycles. The van der Waals surface area contributed by atoms with Crippen LogP contribution in [-0.2, 0) is 0 Å². The summed E-state index contributed by atoms with van der Waals surface area (Å²) in [6.45, 7) is 0. The molecule has 4 heterocycles. The second-order valence-electron chi connectivity index (χ2n) is 25.7. The van der Waals surface area contributed by atoms with Gasteiger partial charge in [-0.05, 0) is 180 Å². The molecule has 0 saturated carbocycles. The second kappa shape index (κ2) is 26.4. The average Bonchev–Trinajstić information content (AvgIpc) is 1.06. The highest BCUT2D eigenvalue weighted by Gasteiger charge is 2.21. The van der Waals surface area contributed by atoms with E-state index >= 15 is 0 Å². The van der Waals surface area contributed by atoms with Crippen molar-refractivity contribution in [3.05, 3.63) is 385 Å². The molecule has 0 atom stereocenters. The molecule has 0 aliphatic heterocycles. The number of benzene rings is 15. The predicted octanol–water partition coefficient (Wildman–Crippen LogP) is 23.8. The van der Waals surface area contributed by atoms with Crippen LogP contribution in [0.4, 0.5) is 0 Å². The van der Waals surface area contributed by atoms with E-state index in [2.05, 4.69) is 235 Å². The fourth-order valence-electron chi connectivity index (χ4n) is 14.3. The lowest BCUT2D eigenvalue weighted by Crippen LogP contribution is -2.05. The maximum atomic E-state index is 14.0. The van der Waals surface area contributed by atoms with E-state index in [0.29, 0.717) is 45.0 Å². The van der Waals surface area contributed by atoms with Gasteiger partial charge in [-0.2, -0.15) is 0 Å². The first-order chi connectivity index (χ1) is 50.8. The molecule has 0 aliphatic rings. The average molecular weight is 1320 g/mol. The Balaban J connectivity index is 0.000000147. The normalized spacial score (nSPS) is 11.4. The third-order valence-corrected chi connectivity index (χ3v) is 19.4. The smallest absolute Gasteiger partial charge is 0.344 e. The molecule has 8 nitrogen and oxygen atoms in total. The molecule has 0 aliphatic carbocycles. The van der Waals surface area contributed by atoms with Gasteiger partial charge in [-0.15, -0.1) is 0 Å². The number of aromatic nitrogens is 4. The summed E-state index contributed by atoms with van der Waals surface area (Å²) in [5.74, 6) is 1.46. The molecule has 484 valence electrons. The first kappa shape index (κ1) is 61.4. The first-order valence-electron chi connectivity index (χ1n) is 34.3. The van der Waals surface area contributed by atoms with Crippen LogP contribution < -0.4 is 11.3 Å². The molecule has 0 radical (unpaired) electrons. The molecule has 8 heteroatoms. The van der Waals surface area contributed by atoms with Gasteiger partial charge in [-0.3, -0.25) is 0 Å². The Kier molecular flexibility index (Phi) is 15.7. The van der Waals surface area contributed by atoms with Crippen LogP contribution in [0.2, 0.25) is 0 Å². The highest BCUT2D eigenvalue weighted by Crippen LogP contribution is 2.41. The van der Waals surface area contributed by atoms with Crippen molar-refractivity contribution in [1.82, 2.24) is 19.5 Å². The van der Waals surface area contributed by atoms with Crippen molar-refractivity contribution >= 4 is 65.3 Å². The zero-order valence-electron chi connectivity index (χ0n) is 55.6. The maximum Gasteiger partial charge on any atom is 0.344 e. The molecule has 19 rings (SSSR count). The van der Waals surface area contributed by atoms with Crippen molar-refractivity contribution in [3.63, 3.8) is 0 Å². The van der Waals surface area contributed by atoms with Crippen LogP contribution in [0.3, 0.4) is 0 Å². The molecule has 0 unspecified atom stereocenters. The molecule has 0 spiro atoms. The molecule has 0 fully saturated rings. The third kappa shape index (κ3) is 11.8. The van der Waals surface area contributed by atoms with E-state index in [1.54, 1.807) is 0 Å². The fourth-order valence-corrected chi connectivity index (χ4v) is 14.3. The van der Waals surface area contributed by atoms with E-state index in [1.165, 1.54) is 10.8 Å². The Morgan fingerprint density at radius 1 is 0.214 bits per heavy atom. The Bertz CT molecular complexity index is 6390. The van der Waals surface area contributed by atoms with Crippen LogP contribution in [-0.4, -0.2) is 19.5 Å². The number of para-hydroxylation sites is 2. The first-order valence-corrected chi connectivity index (χ1v) is 34.3. The highest BCUT2D eigenvalue weighted by atomic mass is 16.4. The van der Waals surface area contributed by atoms with Crippen molar-refractivity contribution in [3.8, 4) is 118 Å². The molecule has 103 heavy (non-hydrogen) atoms. The number of hydrogen-bond donors (Lipinski definition) is 0. The van der Waals surface area contributed by atoms with Gasteiger partial charge in [0.15, 0.2) is 17.5 Å². The second-order valence-corrected chi connectivity index (χ2v) is 25.7. The summed E-state index contributed by atoms with van der Waals surface area (Å²) < 4.78 is 14.5. The van der Waals surface area contributed by atoms with Crippen molar-refractivity contribution < 1.29 is 8.83 Å². The van der Waals surface area contributed by atoms with Gasteiger partial charge in [0.1, 0.15) is 11.2 Å². The summed E-state index contributed by atoms with van der Waals surface area (Å²) in [5.41, 5.74) is 21.1. The molecular weight excluding hydrogens is 1260 g/mol. The molecule has 0 bridgehead atoms. The van der Waals surface area contributed by atoms with Crippen LogP contribution in [0.15, 0.2) is 382 Å². The standard InChI is InChI=1S/C49H31NO2.C46H29N3O2/c51-49-45-30-34(35-22-25-47-44(29-35)42-18-10-11-19-46(42)50(47)40-16-8-3-9-17-40)20-23-41(45)43-24-21-36(31-48(43)52-49)39-27-37(32-12-4-1-5-13-32)26-38(28-39)33-14-6-2-7-15-33;50-46-42-39(22-13-23-40(42)45-48-43(32-18-9-3-10-19-32)47-44(49-45)33-20-11-4-12-21-33)38-25-24-34(29-41(38)51-46)37-27-35(30-14-5-1-6-15-30)26-36(28-37)31-16-7-2-8-17-31/h1-31H;1-29H. The number of nitrogens with zero attached hydrogens (tertiary/aromatic N) is 4. The summed E-state index contributed by atoms with van der Waals surface area (Å²) in [6.07, 6.45) is 0. The largest absolute Gasteiger partial charge is 0.422 e. The summed E-state index contributed by atoms with van der Waals surface area (Å²) >= 11 is 0. The Morgan fingerprint density at radius 2 is 0.563 bits per heavy atom. The summed E-state index contributed by atoms with van der Waals surface area (Å²) in [6, 6.07) is 124. The van der Waals surface area contributed by atoms with Crippen molar-refractivity contribution in [2.45, 2.75) is 0 Å². The molecule has 15 aromatic carbocycles. The molecule has 19 aromatic rings. The van der Waals surface area contributed by atoms with Crippen LogP contribution in [0, 0.1) is 0 Å². The highest BCUT2D eigenvalue weighted by molar-refractivity contribution is 6.12. The lowest BCUT2D eigenvalue weighted by Gasteiger charge is -2.13. The number of fused-ring (bicyclic) bond motifs is 9. The van der Waals surface area contributed by atoms with E-state index in [4.69, 9.17) is 23.8 Å². The summed E-state index contributed by atoms with van der Waals surface area (Å²) in [7, 11) is 0. The number of hydrogen-bond acceptors (Lipinski definition) is 7. The van der Waals surface area contributed by atoms with Crippen LogP contribution in [0.5, 0.6) is 0 Å². The van der Waals surface area contributed by atoms with Gasteiger partial charge < -0.3 is 13.4 Å². The van der Waals surface area contributed by atoms with Gasteiger partial charge >= 0.3 is 11.3 Å². The fraction of sp³-hybridized carbons (Fsp3) is 0. The van der Waals surface area contributed by atoms with E-state index in [1.807, 2.05) is 133 Å². The Morgan fingerprint density at radius 3 is 1.05 bits per heavy atom. The lowest BCUT2D eigenvalue weighted by atomic mass is 9.92. The zero-order chi connectivity index (χ0) is 68.7. The van der Waals surface area contributed by atoms with Crippen molar-refractivity contribution in [1.29, 1.82) is 0 Å². The third-order valence-electron chi connectivity index (χ3n) is 19.4. The van der Waals surface area contributed by atoms with E-state index in [0.717, 1.165) is 127 Å². The quantitative estimate of drug-likeness (QED) is 0.0938. The minimum absolute atomic E-state index is 0.341. The monoisotopic (exact) mass is 1320 g/mol. The van der Waals surface area contributed by atoms with Gasteiger partial charge in [-0.25, -0.2) is 24.5 Å². The van der Waals surface area contributed by atoms with E-state index in [9.17, 15) is 9.59 Å². The predicted molar refractivity (Wildman–Crippen MR) is 422 cm³/mol. The van der Waals surface area contributed by atoms with Crippen molar-refractivity contribution in [2.75, 3.05) is 0 Å². The van der Waals surface area contributed by atoms with Crippen LogP contribution in [0.1, 0.15) is 0 Å². The van der Waals surface area contributed by atoms with Crippen LogP contribution >= 0.6 is 0 Å². The van der Waals surface area contributed by atoms with Gasteiger partial charge in [0.2, 0.25) is 0 Å². The Labute approximate surface area is 592 Å². The minimum Gasteiger partial charge on any atom is -0.422 e. The van der Waals surface area contributed by atoms with Crippen LogP contribution in [0.25, 0.3) is 183 Å². The topological polar surface area (TPSA) is 104 Å². The van der Waals surface area contributed by atoms with Gasteiger partial charge in [0.05, 0.1) is 21.8 Å². The molecular formula is C95H60N4O4. The Hall–Kier alpha value is -14.0. The minimum atomic E-state index is -0.448. The zero-order valence-corrected chi connectivity index (χ0v) is 55.6. The van der Waals surface area contributed by atoms with Crippen molar-refractivity contribution in [2.24, 2.45) is 0 Å². The van der Waals surface area contributed by atoms with Gasteiger partial charge in [0.25, 0.3) is 0 Å². The SMILES string of the molecule is O=c1oc2cc(-c3cc(-c4ccccc4)cc(-c4ccccc4)c3)ccc2c2ccc(-c3ccc4c(c3)c3ccccc3n4-c3ccccc3)cc12.O=c1oc2cc(-c3cc(-c4ccccc4)cc(-c4ccccc4)c3)ccc2c2cccc(-c3nc(-c4ccccc4)nc(-c4ccccc4)n3)c12. The van der Waals surface area contributed by atoms with Gasteiger partial charge in [-0.1, -0.05) is 267 Å². The maximum absolute atomic E-state index is 14.0. The lowest BCUT2D eigenvalue weighted by molar-refractivity contribution is 0.569. The molecule has 0 saturated heterocycles. The van der Waals surface area contributed by atoms with E-state index in [-0.39, 0.29) is 5.63 Å². The summed E-state index contributed by atoms with van der Waals surface area (Å²) in [4.78, 5) is 42.3. The number of rotatable bonds is 11. The van der Waals surface area contributed by atoms with E-state index < -0.39 is 5.63 Å². The van der Waals surface area contributed by atoms with Gasteiger partial charge in [0, 0.05) is 49.3 Å². The molecule has 0 amide bonds.